The number of likely N-dealkylation sites (N-methyl/N-ethyl adjacent to an activating group) is 1. The first-order valence-electron chi connectivity index (χ1n) is 16.5. The van der Waals surface area contributed by atoms with Crippen molar-refractivity contribution in [2.45, 2.75) is 44.4 Å². The van der Waals surface area contributed by atoms with Crippen molar-refractivity contribution < 1.29 is 36.5 Å². The largest absolute Gasteiger partial charge is 0.472 e. The maximum atomic E-state index is 17.3. The quantitative estimate of drug-likeness (QED) is 0.108. The Morgan fingerprint density at radius 3 is 2.65 bits per heavy atom. The number of likely N-dealkylation sites (tertiary alicyclic amines) is 1. The number of terminal acetylenes is 1. The van der Waals surface area contributed by atoms with Crippen molar-refractivity contribution in [3.8, 4) is 41.2 Å². The molecule has 11 nitrogen and oxygen atoms in total. The summed E-state index contributed by atoms with van der Waals surface area (Å²) in [6.45, 7) is 3.21. The third kappa shape index (κ3) is 6.33. The lowest BCUT2D eigenvalue weighted by Gasteiger charge is -2.31. The minimum Gasteiger partial charge on any atom is -0.472 e. The van der Waals surface area contributed by atoms with Crippen molar-refractivity contribution in [2.24, 2.45) is 0 Å². The number of fused-ring (bicyclic) bond motifs is 1. The molecule has 0 bridgehead atoms. The van der Waals surface area contributed by atoms with E-state index < -0.39 is 48.7 Å². The van der Waals surface area contributed by atoms with E-state index in [0.717, 1.165) is 0 Å². The van der Waals surface area contributed by atoms with Crippen LogP contribution < -0.4 is 24.8 Å². The van der Waals surface area contributed by atoms with Crippen LogP contribution in [-0.4, -0.2) is 83.6 Å². The van der Waals surface area contributed by atoms with E-state index in [-0.39, 0.29) is 76.5 Å². The summed E-state index contributed by atoms with van der Waals surface area (Å²) in [5.74, 6) is -1.32. The van der Waals surface area contributed by atoms with Gasteiger partial charge in [0, 0.05) is 42.3 Å². The average Bonchev–Trinajstić information content (AvgIpc) is 3.30. The van der Waals surface area contributed by atoms with Gasteiger partial charge in [-0.2, -0.15) is 9.97 Å². The van der Waals surface area contributed by atoms with E-state index in [1.165, 1.54) is 30.2 Å². The first kappa shape index (κ1) is 35.0. The monoisotopic (exact) mass is 717 g/mol. The molecule has 5 heterocycles. The molecule has 0 spiro atoms. The molecular weight excluding hydrogens is 682 g/mol. The van der Waals surface area contributed by atoms with Crippen molar-refractivity contribution in [3.05, 3.63) is 65.4 Å². The zero-order valence-corrected chi connectivity index (χ0v) is 28.8. The highest BCUT2D eigenvalue weighted by Crippen LogP contribution is 2.45. The highest BCUT2D eigenvalue weighted by atomic mass is 19.3. The summed E-state index contributed by atoms with van der Waals surface area (Å²) in [6, 6.07) is 8.05. The van der Waals surface area contributed by atoms with Gasteiger partial charge in [0.2, 0.25) is 5.88 Å². The second-order valence-corrected chi connectivity index (χ2v) is 13.0. The molecular formula is C37H35F4N7O4. The molecule has 2 aromatic carbocycles. The summed E-state index contributed by atoms with van der Waals surface area (Å²) >= 11 is 0. The fourth-order valence-electron chi connectivity index (χ4n) is 6.89. The predicted octanol–water partition coefficient (Wildman–Crippen LogP) is 6.13. The van der Waals surface area contributed by atoms with Gasteiger partial charge in [-0.25, -0.2) is 27.5 Å². The third-order valence-corrected chi connectivity index (χ3v) is 9.37. The molecule has 7 rings (SSSR count). The molecule has 0 amide bonds. The first-order valence-corrected chi connectivity index (χ1v) is 16.5. The number of rotatable bonds is 9. The molecule has 52 heavy (non-hydrogen) atoms. The number of hydrogen-bond acceptors (Lipinski definition) is 11. The van der Waals surface area contributed by atoms with E-state index in [9.17, 15) is 8.78 Å². The van der Waals surface area contributed by atoms with Gasteiger partial charge in [-0.05, 0) is 50.5 Å². The molecule has 2 aliphatic rings. The smallest absolute Gasteiger partial charge is 0.319 e. The van der Waals surface area contributed by atoms with Crippen LogP contribution in [0.4, 0.5) is 29.2 Å². The number of benzene rings is 2. The van der Waals surface area contributed by atoms with E-state index in [4.69, 9.17) is 36.1 Å². The summed E-state index contributed by atoms with van der Waals surface area (Å²) in [6.07, 6.45) is 6.40. The number of methoxy groups -OCH3 is 1. The first-order chi connectivity index (χ1) is 24.9. The van der Waals surface area contributed by atoms with Crippen LogP contribution in [0.25, 0.3) is 32.9 Å². The van der Waals surface area contributed by atoms with Crippen LogP contribution in [0.5, 0.6) is 17.6 Å². The van der Waals surface area contributed by atoms with Gasteiger partial charge in [0.1, 0.15) is 52.5 Å². The minimum absolute atomic E-state index is 0.000462. The molecule has 3 aromatic heterocycles. The van der Waals surface area contributed by atoms with Crippen molar-refractivity contribution >= 4 is 33.3 Å². The highest BCUT2D eigenvalue weighted by molar-refractivity contribution is 6.04. The van der Waals surface area contributed by atoms with Crippen molar-refractivity contribution in [2.75, 3.05) is 51.3 Å². The lowest BCUT2D eigenvalue weighted by molar-refractivity contribution is 0.0136. The number of alkyl halides is 2. The van der Waals surface area contributed by atoms with Crippen molar-refractivity contribution in [3.63, 3.8) is 0 Å². The Morgan fingerprint density at radius 2 is 1.94 bits per heavy atom. The van der Waals surface area contributed by atoms with Gasteiger partial charge >= 0.3 is 6.01 Å². The van der Waals surface area contributed by atoms with Crippen molar-refractivity contribution in [1.82, 2.24) is 24.8 Å². The van der Waals surface area contributed by atoms with Crippen LogP contribution in [0.3, 0.4) is 0 Å². The molecule has 15 heteroatoms. The van der Waals surface area contributed by atoms with Gasteiger partial charge in [-0.3, -0.25) is 4.90 Å². The van der Waals surface area contributed by atoms with Gasteiger partial charge < -0.3 is 29.6 Å². The molecule has 1 fully saturated rings. The van der Waals surface area contributed by atoms with E-state index in [0.29, 0.717) is 16.8 Å². The van der Waals surface area contributed by atoms with Crippen LogP contribution in [-0.2, 0) is 4.74 Å². The molecule has 0 aliphatic carbocycles. The van der Waals surface area contributed by atoms with Crippen molar-refractivity contribution in [1.29, 1.82) is 0 Å². The number of pyridine rings is 2. The van der Waals surface area contributed by atoms with E-state index in [1.54, 1.807) is 25.4 Å². The van der Waals surface area contributed by atoms with E-state index in [1.807, 2.05) is 24.8 Å². The van der Waals surface area contributed by atoms with Gasteiger partial charge in [-0.1, -0.05) is 18.1 Å². The molecule has 3 atom stereocenters. The summed E-state index contributed by atoms with van der Waals surface area (Å²) < 4.78 is 84.1. The topological polar surface area (TPSA) is 121 Å². The summed E-state index contributed by atoms with van der Waals surface area (Å²) in [7, 11) is 3.03. The summed E-state index contributed by atoms with van der Waals surface area (Å²) in [5, 5.41) is 0.805. The number of nitrogens with zero attached hydrogens (tertiary/aromatic N) is 6. The van der Waals surface area contributed by atoms with Crippen LogP contribution in [0.2, 0.25) is 0 Å². The Balaban J connectivity index is 1.47. The van der Waals surface area contributed by atoms with Gasteiger partial charge in [-0.15, -0.1) is 6.42 Å². The Kier molecular flexibility index (Phi) is 9.14. The predicted molar refractivity (Wildman–Crippen MR) is 187 cm³/mol. The van der Waals surface area contributed by atoms with Gasteiger partial charge in [0.25, 0.3) is 5.92 Å². The number of aromatic nitrogens is 4. The molecule has 0 radical (unpaired) electrons. The zero-order valence-electron chi connectivity index (χ0n) is 28.8. The molecule has 2 N–H and O–H groups in total. The number of ether oxygens (including phenoxy) is 4. The molecule has 1 unspecified atom stereocenters. The van der Waals surface area contributed by atoms with E-state index in [2.05, 4.69) is 20.9 Å². The Morgan fingerprint density at radius 1 is 1.13 bits per heavy atom. The van der Waals surface area contributed by atoms with E-state index >= 15 is 8.78 Å². The number of nitrogen functional groups attached to an aromatic ring is 1. The summed E-state index contributed by atoms with van der Waals surface area (Å²) in [5.41, 5.74) is 6.48. The standard InChI is InChI=1S/C37H35F4N7O4/c1-6-24-27(38)10-9-21-12-23(51-18-49-5)13-26(28(21)24)31-30(39)32-29-34(46-36(45-32)50-16-22-14-37(40,41)17-47(22)4)48(15-19(2)52-35(29)44-31)20(3)25-8-7-11-43-33(25)42/h1,7-13,19-20,22H,14-18H2,2-5H3,(H2,42,43)/t19-,20?,22-/m0/s1. The third-order valence-electron chi connectivity index (χ3n) is 9.37. The summed E-state index contributed by atoms with van der Waals surface area (Å²) in [4.78, 5) is 21.5. The normalized spacial score (nSPS) is 18.9. The average molecular weight is 718 g/mol. The lowest BCUT2D eigenvalue weighted by Crippen LogP contribution is -2.35. The number of anilines is 2. The van der Waals surface area contributed by atoms with Crippen LogP contribution in [0.1, 0.15) is 37.4 Å². The second kappa shape index (κ2) is 13.6. The number of halogens is 4. The Labute approximate surface area is 296 Å². The van der Waals surface area contributed by atoms with Crippen LogP contribution in [0, 0.1) is 24.0 Å². The second-order valence-electron chi connectivity index (χ2n) is 13.0. The Hall–Kier alpha value is -5.46. The Bertz CT molecular complexity index is 2230. The number of hydrogen-bond donors (Lipinski definition) is 1. The highest BCUT2D eigenvalue weighted by Gasteiger charge is 2.43. The maximum Gasteiger partial charge on any atom is 0.319 e. The van der Waals surface area contributed by atoms with Crippen LogP contribution in [0.15, 0.2) is 42.6 Å². The SMILES string of the molecule is C#Cc1c(F)ccc2cc(OCOC)cc(-c3nc4c5c(nc(OC[C@@H]6CC(F)(F)CN6C)nc5c3F)N(C(C)c3cccnc3N)C[C@H](C)O4)c12. The van der Waals surface area contributed by atoms with Crippen LogP contribution >= 0.6 is 0 Å². The maximum absolute atomic E-state index is 17.3. The van der Waals surface area contributed by atoms with Gasteiger partial charge in [0.05, 0.1) is 24.7 Å². The van der Waals surface area contributed by atoms with Gasteiger partial charge in [0.15, 0.2) is 12.6 Å². The fourth-order valence-corrected chi connectivity index (χ4v) is 6.89. The zero-order chi connectivity index (χ0) is 36.9. The molecule has 1 saturated heterocycles. The number of nitrogens with two attached hydrogens (primary N) is 1. The molecule has 270 valence electrons. The molecule has 5 aromatic rings. The molecule has 2 aliphatic heterocycles. The lowest BCUT2D eigenvalue weighted by atomic mass is 9.95. The molecule has 0 saturated carbocycles. The minimum atomic E-state index is -2.89. The fraction of sp³-hybridized carbons (Fsp3) is 0.351.